The number of carbonyl (C=O) groups is 2. The molecule has 1 aromatic rings. The summed E-state index contributed by atoms with van der Waals surface area (Å²) in [6.45, 7) is 11.3. The molecule has 11 aliphatic rings. The van der Waals surface area contributed by atoms with Crippen molar-refractivity contribution in [2.75, 3.05) is 23.0 Å². The first-order chi connectivity index (χ1) is 27.9. The molecule has 5 aliphatic heterocycles. The van der Waals surface area contributed by atoms with Crippen molar-refractivity contribution in [1.82, 2.24) is 0 Å². The van der Waals surface area contributed by atoms with Crippen molar-refractivity contribution in [2.45, 2.75) is 160 Å². The van der Waals surface area contributed by atoms with Crippen LogP contribution in [0.2, 0.25) is 0 Å². The number of phenols is 1. The number of rotatable bonds is 4. The molecule has 9 nitrogen and oxygen atoms in total. The van der Waals surface area contributed by atoms with Crippen molar-refractivity contribution in [2.24, 2.45) is 56.7 Å². The highest BCUT2D eigenvalue weighted by Gasteiger charge is 2.81. The van der Waals surface area contributed by atoms with Gasteiger partial charge in [0, 0.05) is 40.6 Å². The van der Waals surface area contributed by atoms with Crippen molar-refractivity contribution < 1.29 is 39.9 Å². The summed E-state index contributed by atoms with van der Waals surface area (Å²) in [6.07, 6.45) is 9.08. The Morgan fingerprint density at radius 2 is 1.73 bits per heavy atom. The molecule has 5 N–H and O–H groups in total. The molecule has 7 fully saturated rings. The maximum atomic E-state index is 15.4. The number of allylic oxidation sites excluding steroid dienone is 1. The molecular formula is C48H67NO8S2. The zero-order valence-electron chi connectivity index (χ0n) is 35.8. The summed E-state index contributed by atoms with van der Waals surface area (Å²) >= 11 is 0. The monoisotopic (exact) mass is 849 g/mol. The first kappa shape index (κ1) is 41.4. The second-order valence-corrected chi connectivity index (χ2v) is 24.4. The summed E-state index contributed by atoms with van der Waals surface area (Å²) in [5.41, 5.74) is -3.72. The molecule has 5 heterocycles. The maximum absolute atomic E-state index is 15.4. The van der Waals surface area contributed by atoms with Crippen molar-refractivity contribution in [3.05, 3.63) is 35.4 Å². The standard InChI is InChI=1S/C48H67NO8S2/c1-27(2)28(3)39-40(57-39)42(4,55)35-11-15-48(56)36-23-37(52)47-24-34(51)38(53)33-10-14-45(36,43(33,47)5)16-17-46(35,48)13-9-29-20-31(22-32(50)21-29)49-19-18-44(41(49)54)12-7-6-8-30(44)25-58-59-26-47/h20-23,27-28,30,33-35,38-40,50-51,53,55-56H,6-19,24-26H2,1-5H3/t28-,30-,33-,34-,35+,38+,39-,40-,42-,43-,44+,45+,46+,47-,48+/m1/s1. The van der Waals surface area contributed by atoms with Crippen LogP contribution >= 0.6 is 21.6 Å². The van der Waals surface area contributed by atoms with Gasteiger partial charge in [0.2, 0.25) is 5.91 Å². The van der Waals surface area contributed by atoms with E-state index in [0.717, 1.165) is 61.1 Å². The van der Waals surface area contributed by atoms with Crippen LogP contribution in [0.1, 0.15) is 124 Å². The number of aliphatic hydroxyl groups is 4. The highest BCUT2D eigenvalue weighted by Crippen LogP contribution is 2.81. The van der Waals surface area contributed by atoms with Gasteiger partial charge in [0.25, 0.3) is 0 Å². The zero-order chi connectivity index (χ0) is 41.7. The van der Waals surface area contributed by atoms with Gasteiger partial charge in [0.05, 0.1) is 40.3 Å². The Morgan fingerprint density at radius 1 is 0.932 bits per heavy atom. The van der Waals surface area contributed by atoms with E-state index in [2.05, 4.69) is 33.8 Å². The predicted octanol–water partition coefficient (Wildman–Crippen LogP) is 7.39. The van der Waals surface area contributed by atoms with Crippen LogP contribution in [0.3, 0.4) is 0 Å². The molecule has 324 valence electrons. The van der Waals surface area contributed by atoms with E-state index in [4.69, 9.17) is 4.74 Å². The molecule has 15 atom stereocenters. The number of hydrogen-bond donors (Lipinski definition) is 5. The van der Waals surface area contributed by atoms with Crippen molar-refractivity contribution in [1.29, 1.82) is 0 Å². The van der Waals surface area contributed by atoms with E-state index in [1.165, 1.54) is 0 Å². The van der Waals surface area contributed by atoms with Crippen LogP contribution in [0.15, 0.2) is 29.8 Å². The summed E-state index contributed by atoms with van der Waals surface area (Å²) in [6, 6.07) is 5.58. The number of amides is 1. The van der Waals surface area contributed by atoms with Gasteiger partial charge in [-0.1, -0.05) is 62.1 Å². The minimum absolute atomic E-state index is 0.0429. The van der Waals surface area contributed by atoms with Crippen molar-refractivity contribution in [3.63, 3.8) is 0 Å². The number of epoxide rings is 1. The molecule has 6 aliphatic carbocycles. The summed E-state index contributed by atoms with van der Waals surface area (Å²) < 4.78 is 6.39. The lowest BCUT2D eigenvalue weighted by atomic mass is 9.35. The SMILES string of the molecule is CC(C)[C@@H](C)[C@H]1O[C@H]1[C@](C)(O)[C@@H]1CC[C@]2(O)C3=CC(=O)[C@]45CSSC[C@H]6CCCC[C@]67CCN(C7=O)c6cc(O)cc(c6)CC[C@]12CC[C@@]31CC[C@H]([C@H](O)[C@H](O)C4)[C@@]51C. The fourth-order valence-electron chi connectivity index (χ4n) is 16.2. The van der Waals surface area contributed by atoms with Crippen LogP contribution in [0.5, 0.6) is 5.75 Å². The topological polar surface area (TPSA) is 151 Å². The number of aromatic hydroxyl groups is 1. The number of aliphatic hydroxyl groups excluding tert-OH is 2. The normalized spacial score (nSPS) is 48.1. The van der Waals surface area contributed by atoms with Gasteiger partial charge in [-0.05, 0) is 148 Å². The lowest BCUT2D eigenvalue weighted by molar-refractivity contribution is -0.213. The summed E-state index contributed by atoms with van der Waals surface area (Å²) in [5.74, 6) is 1.71. The highest BCUT2D eigenvalue weighted by atomic mass is 33.1. The molecule has 0 unspecified atom stereocenters. The highest BCUT2D eigenvalue weighted by molar-refractivity contribution is 8.76. The Labute approximate surface area is 358 Å². The zero-order valence-corrected chi connectivity index (χ0v) is 37.4. The number of aryl methyl sites for hydroxylation is 1. The van der Waals surface area contributed by atoms with Crippen LogP contribution in [0, 0.1) is 56.7 Å². The fourth-order valence-corrected chi connectivity index (χ4v) is 19.4. The fraction of sp³-hybridized carbons (Fsp3) is 0.792. The minimum atomic E-state index is -1.41. The average Bonchev–Trinajstić information content (AvgIpc) is 3.76. The Kier molecular flexibility index (Phi) is 9.62. The van der Waals surface area contributed by atoms with Crippen molar-refractivity contribution >= 4 is 39.0 Å². The van der Waals surface area contributed by atoms with E-state index < -0.39 is 50.5 Å². The first-order valence-electron chi connectivity index (χ1n) is 23.1. The first-order valence-corrected chi connectivity index (χ1v) is 25.5. The van der Waals surface area contributed by atoms with Crippen LogP contribution in [-0.2, 0) is 20.7 Å². The second kappa shape index (κ2) is 13.7. The van der Waals surface area contributed by atoms with E-state index in [1.807, 2.05) is 17.9 Å². The van der Waals surface area contributed by atoms with Gasteiger partial charge in [-0.2, -0.15) is 0 Å². The predicted molar refractivity (Wildman–Crippen MR) is 231 cm³/mol. The number of ketones is 1. The molecule has 11 heteroatoms. The molecule has 1 aromatic carbocycles. The molecule has 0 radical (unpaired) electrons. The van der Waals surface area contributed by atoms with Crippen molar-refractivity contribution in [3.8, 4) is 5.75 Å². The van der Waals surface area contributed by atoms with Gasteiger partial charge in [-0.25, -0.2) is 0 Å². The Balaban J connectivity index is 1.13. The lowest BCUT2D eigenvalue weighted by Gasteiger charge is -2.69. The summed E-state index contributed by atoms with van der Waals surface area (Å²) in [4.78, 5) is 32.0. The summed E-state index contributed by atoms with van der Waals surface area (Å²) in [7, 11) is 3.46. The Hall–Kier alpha value is -1.60. The summed E-state index contributed by atoms with van der Waals surface area (Å²) in [5, 5.41) is 61.5. The number of benzene rings is 1. The Bertz CT molecular complexity index is 1960. The van der Waals surface area contributed by atoms with Crippen LogP contribution < -0.4 is 4.90 Å². The molecule has 12 rings (SSSR count). The molecule has 0 aromatic heterocycles. The number of carbonyl (C=O) groups excluding carboxylic acids is 2. The molecule has 1 amide bonds. The third-order valence-electron chi connectivity index (χ3n) is 19.8. The van der Waals surface area contributed by atoms with Gasteiger partial charge < -0.3 is 35.2 Å². The van der Waals surface area contributed by atoms with Gasteiger partial charge in [-0.3, -0.25) is 9.59 Å². The maximum Gasteiger partial charge on any atom is 0.233 e. The van der Waals surface area contributed by atoms with Crippen LogP contribution in [-0.4, -0.2) is 90.9 Å². The smallest absolute Gasteiger partial charge is 0.233 e. The third-order valence-corrected chi connectivity index (χ3v) is 22.4. The van der Waals surface area contributed by atoms with E-state index >= 15 is 4.79 Å². The lowest BCUT2D eigenvalue weighted by Crippen LogP contribution is -2.71. The molecule has 2 saturated heterocycles. The average molecular weight is 850 g/mol. The molecular weight excluding hydrogens is 783 g/mol. The number of nitrogens with zero attached hydrogens (tertiary/aromatic N) is 1. The van der Waals surface area contributed by atoms with E-state index in [1.54, 1.807) is 33.7 Å². The van der Waals surface area contributed by atoms with Crippen LogP contribution in [0.25, 0.3) is 0 Å². The second-order valence-electron chi connectivity index (χ2n) is 21.9. The molecule has 59 heavy (non-hydrogen) atoms. The quantitative estimate of drug-likeness (QED) is 0.153. The van der Waals surface area contributed by atoms with E-state index in [9.17, 15) is 30.3 Å². The molecule has 4 spiro atoms. The van der Waals surface area contributed by atoms with Gasteiger partial charge in [-0.15, -0.1) is 0 Å². The van der Waals surface area contributed by atoms with Gasteiger partial charge >= 0.3 is 0 Å². The largest absolute Gasteiger partial charge is 0.508 e. The number of phenolic OH excluding ortho intramolecular Hbond substituents is 1. The molecule has 5 saturated carbocycles. The third kappa shape index (κ3) is 5.30. The number of hydrogen-bond acceptors (Lipinski definition) is 10. The van der Waals surface area contributed by atoms with Gasteiger partial charge in [0.1, 0.15) is 11.9 Å². The van der Waals surface area contributed by atoms with Gasteiger partial charge in [0.15, 0.2) is 5.78 Å². The molecule has 8 bridgehead atoms. The van der Waals surface area contributed by atoms with E-state index in [-0.39, 0.29) is 59.7 Å². The Morgan fingerprint density at radius 3 is 2.51 bits per heavy atom. The number of ether oxygens (including phenoxy) is 1. The number of fused-ring (bicyclic) bond motifs is 2. The van der Waals surface area contributed by atoms with Crippen LogP contribution in [0.4, 0.5) is 5.69 Å². The van der Waals surface area contributed by atoms with E-state index in [0.29, 0.717) is 63.2 Å². The minimum Gasteiger partial charge on any atom is -0.508 e. The number of anilines is 1.